The van der Waals surface area contributed by atoms with Crippen LogP contribution in [-0.4, -0.2) is 14.8 Å². The Bertz CT molecular complexity index is 820. The zero-order chi connectivity index (χ0) is 14.4. The molecule has 0 saturated carbocycles. The number of anilines is 1. The summed E-state index contributed by atoms with van der Waals surface area (Å²) in [6, 6.07) is 5.95. The second-order valence-corrected chi connectivity index (χ2v) is 5.73. The van der Waals surface area contributed by atoms with Crippen LogP contribution in [0.15, 0.2) is 28.9 Å². The summed E-state index contributed by atoms with van der Waals surface area (Å²) < 4.78 is 2.98. The number of aryl methyl sites for hydroxylation is 2. The van der Waals surface area contributed by atoms with Gasteiger partial charge in [0.1, 0.15) is 0 Å². The highest BCUT2D eigenvalue weighted by Crippen LogP contribution is 2.30. The molecule has 3 rings (SSSR count). The number of rotatable bonds is 1. The number of nitrogens with two attached hydrogens (primary N) is 1. The van der Waals surface area contributed by atoms with Gasteiger partial charge in [0.25, 0.3) is 0 Å². The molecule has 2 aromatic heterocycles. The molecule has 0 bridgehead atoms. The van der Waals surface area contributed by atoms with E-state index in [-0.39, 0.29) is 0 Å². The molecule has 2 heterocycles. The molecular formula is C15H15BrN4. The van der Waals surface area contributed by atoms with Crippen LogP contribution in [0.2, 0.25) is 0 Å². The van der Waals surface area contributed by atoms with Crippen LogP contribution in [0.4, 0.5) is 5.69 Å². The van der Waals surface area contributed by atoms with E-state index < -0.39 is 0 Å². The van der Waals surface area contributed by atoms with Crippen LogP contribution in [0.3, 0.4) is 0 Å². The number of fused-ring (bicyclic) bond motifs is 1. The van der Waals surface area contributed by atoms with Crippen LogP contribution in [-0.2, 0) is 0 Å². The lowest BCUT2D eigenvalue weighted by molar-refractivity contribution is 0.839. The highest BCUT2D eigenvalue weighted by atomic mass is 79.9. The van der Waals surface area contributed by atoms with Gasteiger partial charge in [0.15, 0.2) is 0 Å². The van der Waals surface area contributed by atoms with E-state index in [9.17, 15) is 0 Å². The normalized spacial score (nSPS) is 11.2. The fraction of sp³-hybridized carbons (Fsp3) is 0.200. The molecule has 0 spiro atoms. The van der Waals surface area contributed by atoms with Gasteiger partial charge in [-0.05, 0) is 54.9 Å². The molecule has 4 nitrogen and oxygen atoms in total. The molecule has 0 aliphatic carbocycles. The molecule has 1 aromatic carbocycles. The van der Waals surface area contributed by atoms with E-state index in [1.165, 1.54) is 0 Å². The largest absolute Gasteiger partial charge is 0.398 e. The molecule has 102 valence electrons. The molecule has 0 radical (unpaired) electrons. The average Bonchev–Trinajstić information content (AvgIpc) is 2.67. The van der Waals surface area contributed by atoms with Crippen molar-refractivity contribution in [2.75, 3.05) is 5.73 Å². The van der Waals surface area contributed by atoms with E-state index in [2.05, 4.69) is 26.0 Å². The van der Waals surface area contributed by atoms with Gasteiger partial charge in [-0.15, -0.1) is 0 Å². The Morgan fingerprint density at radius 1 is 1.15 bits per heavy atom. The summed E-state index contributed by atoms with van der Waals surface area (Å²) in [4.78, 5) is 4.33. The Kier molecular flexibility index (Phi) is 3.01. The molecular weight excluding hydrogens is 316 g/mol. The molecule has 0 atom stereocenters. The van der Waals surface area contributed by atoms with Crippen molar-refractivity contribution in [3.8, 4) is 5.69 Å². The number of nitrogen functional groups attached to an aromatic ring is 1. The third-order valence-corrected chi connectivity index (χ3v) is 4.63. The van der Waals surface area contributed by atoms with Gasteiger partial charge in [-0.3, -0.25) is 4.98 Å². The average molecular weight is 331 g/mol. The van der Waals surface area contributed by atoms with Crippen molar-refractivity contribution < 1.29 is 0 Å². The Morgan fingerprint density at radius 2 is 1.90 bits per heavy atom. The molecule has 0 amide bonds. The minimum Gasteiger partial charge on any atom is -0.398 e. The molecule has 0 saturated heterocycles. The zero-order valence-electron chi connectivity index (χ0n) is 11.6. The monoisotopic (exact) mass is 330 g/mol. The summed E-state index contributed by atoms with van der Waals surface area (Å²) in [5, 5.41) is 6.62. The number of hydrogen-bond acceptors (Lipinski definition) is 3. The molecule has 2 N–H and O–H groups in total. The van der Waals surface area contributed by atoms with Gasteiger partial charge in [0.05, 0.1) is 21.5 Å². The van der Waals surface area contributed by atoms with E-state index in [0.717, 1.165) is 43.7 Å². The number of halogens is 1. The summed E-state index contributed by atoms with van der Waals surface area (Å²) in [5.74, 6) is 0. The van der Waals surface area contributed by atoms with E-state index >= 15 is 0 Å². The van der Waals surface area contributed by atoms with Crippen molar-refractivity contribution >= 4 is 32.4 Å². The number of aromatic nitrogens is 3. The Hall–Kier alpha value is -1.88. The van der Waals surface area contributed by atoms with E-state index in [0.29, 0.717) is 0 Å². The summed E-state index contributed by atoms with van der Waals surface area (Å²) in [5.41, 5.74) is 10.8. The molecule has 3 aromatic rings. The van der Waals surface area contributed by atoms with Crippen molar-refractivity contribution in [1.29, 1.82) is 0 Å². The fourth-order valence-corrected chi connectivity index (χ4v) is 2.64. The zero-order valence-corrected chi connectivity index (χ0v) is 13.2. The summed E-state index contributed by atoms with van der Waals surface area (Å²) in [7, 11) is 0. The predicted octanol–water partition coefficient (Wildman–Crippen LogP) is 3.69. The van der Waals surface area contributed by atoms with Crippen LogP contribution in [0.5, 0.6) is 0 Å². The van der Waals surface area contributed by atoms with Crippen LogP contribution in [0, 0.1) is 20.8 Å². The van der Waals surface area contributed by atoms with Crippen molar-refractivity contribution in [1.82, 2.24) is 14.8 Å². The highest BCUT2D eigenvalue weighted by molar-refractivity contribution is 9.10. The van der Waals surface area contributed by atoms with Crippen molar-refractivity contribution in [3.05, 3.63) is 46.0 Å². The first kappa shape index (κ1) is 13.1. The first-order valence-corrected chi connectivity index (χ1v) is 7.15. The fourth-order valence-electron chi connectivity index (χ4n) is 2.39. The van der Waals surface area contributed by atoms with Gasteiger partial charge < -0.3 is 5.73 Å². The summed E-state index contributed by atoms with van der Waals surface area (Å²) in [6.45, 7) is 6.00. The number of hydrogen-bond donors (Lipinski definition) is 1. The second kappa shape index (κ2) is 4.59. The Labute approximate surface area is 125 Å². The lowest BCUT2D eigenvalue weighted by atomic mass is 10.1. The third kappa shape index (κ3) is 1.89. The van der Waals surface area contributed by atoms with Gasteiger partial charge in [-0.25, -0.2) is 4.68 Å². The maximum Gasteiger partial charge on any atom is 0.0743 e. The minimum absolute atomic E-state index is 0.733. The molecule has 0 aliphatic rings. The summed E-state index contributed by atoms with van der Waals surface area (Å²) in [6.07, 6.45) is 1.82. The van der Waals surface area contributed by atoms with Crippen molar-refractivity contribution in [2.45, 2.75) is 20.8 Å². The SMILES string of the molecule is Cc1cc2c(-n3nc(C)c(Br)c3C)ccc(N)c2cn1. The quantitative estimate of drug-likeness (QED) is 0.692. The van der Waals surface area contributed by atoms with E-state index in [4.69, 9.17) is 5.73 Å². The van der Waals surface area contributed by atoms with Gasteiger partial charge in [-0.2, -0.15) is 5.10 Å². The summed E-state index contributed by atoms with van der Waals surface area (Å²) >= 11 is 3.57. The Balaban J connectivity index is 2.39. The molecule has 0 aliphatic heterocycles. The standard InChI is InChI=1S/C15H15BrN4/c1-8-6-11-12(7-18-8)13(17)4-5-14(11)20-10(3)15(16)9(2)19-20/h4-7H,17H2,1-3H3. The van der Waals surface area contributed by atoms with Crippen LogP contribution in [0.1, 0.15) is 17.1 Å². The minimum atomic E-state index is 0.733. The van der Waals surface area contributed by atoms with Gasteiger partial charge in [-0.1, -0.05) is 0 Å². The van der Waals surface area contributed by atoms with Crippen LogP contribution in [0.25, 0.3) is 16.5 Å². The number of pyridine rings is 1. The first-order chi connectivity index (χ1) is 9.49. The lowest BCUT2D eigenvalue weighted by Crippen LogP contribution is -2.02. The van der Waals surface area contributed by atoms with Gasteiger partial charge in [0, 0.05) is 28.4 Å². The molecule has 0 unspecified atom stereocenters. The first-order valence-electron chi connectivity index (χ1n) is 6.36. The van der Waals surface area contributed by atoms with E-state index in [1.807, 2.05) is 49.8 Å². The Morgan fingerprint density at radius 3 is 2.55 bits per heavy atom. The maximum absolute atomic E-state index is 6.05. The smallest absolute Gasteiger partial charge is 0.0743 e. The van der Waals surface area contributed by atoms with Crippen LogP contribution >= 0.6 is 15.9 Å². The number of benzene rings is 1. The van der Waals surface area contributed by atoms with Crippen molar-refractivity contribution in [3.63, 3.8) is 0 Å². The molecule has 0 fully saturated rings. The second-order valence-electron chi connectivity index (χ2n) is 4.94. The van der Waals surface area contributed by atoms with Gasteiger partial charge in [0.2, 0.25) is 0 Å². The molecule has 20 heavy (non-hydrogen) atoms. The topological polar surface area (TPSA) is 56.7 Å². The number of nitrogens with zero attached hydrogens (tertiary/aromatic N) is 3. The third-order valence-electron chi connectivity index (χ3n) is 3.48. The van der Waals surface area contributed by atoms with Crippen LogP contribution < -0.4 is 5.73 Å². The maximum atomic E-state index is 6.05. The van der Waals surface area contributed by atoms with E-state index in [1.54, 1.807) is 0 Å². The predicted molar refractivity (Wildman–Crippen MR) is 85.2 cm³/mol. The molecule has 5 heteroatoms. The van der Waals surface area contributed by atoms with Gasteiger partial charge >= 0.3 is 0 Å². The lowest BCUT2D eigenvalue weighted by Gasteiger charge is -2.11. The van der Waals surface area contributed by atoms with Crippen molar-refractivity contribution in [2.24, 2.45) is 0 Å². The highest BCUT2D eigenvalue weighted by Gasteiger charge is 2.13.